The first-order valence-corrected chi connectivity index (χ1v) is 10.8. The normalized spacial score (nSPS) is 23.3. The second-order valence-electron chi connectivity index (χ2n) is 7.46. The fraction of sp³-hybridized carbons (Fsp3) is 0.556. The molecule has 8 nitrogen and oxygen atoms in total. The highest BCUT2D eigenvalue weighted by atomic mass is 32.2. The number of alkyl halides is 2. The van der Waals surface area contributed by atoms with Crippen LogP contribution in [0.25, 0.3) is 0 Å². The fourth-order valence-electron chi connectivity index (χ4n) is 4.07. The number of nitrogens with one attached hydrogen (secondary N) is 1. The van der Waals surface area contributed by atoms with Gasteiger partial charge in [-0.1, -0.05) is 12.1 Å². The number of ether oxygens (including phenoxy) is 2. The molecule has 0 bridgehead atoms. The summed E-state index contributed by atoms with van der Waals surface area (Å²) in [6.07, 6.45) is 1.76. The van der Waals surface area contributed by atoms with E-state index < -0.39 is 37.8 Å². The molecule has 1 aromatic carbocycles. The number of hydrogen-bond donors (Lipinski definition) is 1. The average molecular weight is 430 g/mol. The molecular weight excluding hydrogens is 410 g/mol. The van der Waals surface area contributed by atoms with Crippen LogP contribution in [0.15, 0.2) is 29.2 Å². The summed E-state index contributed by atoms with van der Waals surface area (Å²) in [5.41, 5.74) is -0.551. The van der Waals surface area contributed by atoms with Crippen LogP contribution < -0.4 is 5.32 Å². The second kappa shape index (κ2) is 6.99. The number of rotatable bonds is 4. The van der Waals surface area contributed by atoms with Crippen molar-refractivity contribution in [3.63, 3.8) is 0 Å². The second-order valence-corrected chi connectivity index (χ2v) is 9.38. The lowest BCUT2D eigenvalue weighted by molar-refractivity contribution is -0.186. The Labute approximate surface area is 166 Å². The molecule has 3 amide bonds. The molecule has 3 fully saturated rings. The molecule has 2 heterocycles. The summed E-state index contributed by atoms with van der Waals surface area (Å²) in [6, 6.07) is 4.19. The zero-order valence-corrected chi connectivity index (χ0v) is 16.2. The van der Waals surface area contributed by atoms with Crippen molar-refractivity contribution < 1.29 is 36.3 Å². The summed E-state index contributed by atoms with van der Waals surface area (Å²) in [7, 11) is -4.69. The molecule has 0 aromatic heterocycles. The summed E-state index contributed by atoms with van der Waals surface area (Å²) in [5, 5.41) is 2.78. The molecule has 2 spiro atoms. The van der Waals surface area contributed by atoms with Crippen LogP contribution in [0, 0.1) is 0 Å². The number of urea groups is 1. The largest absolute Gasteiger partial charge is 0.348 e. The van der Waals surface area contributed by atoms with Crippen molar-refractivity contribution in [3.8, 4) is 0 Å². The van der Waals surface area contributed by atoms with E-state index in [-0.39, 0.29) is 12.5 Å². The van der Waals surface area contributed by atoms with E-state index in [1.807, 2.05) is 0 Å². The predicted octanol–water partition coefficient (Wildman–Crippen LogP) is 1.79. The lowest BCUT2D eigenvalue weighted by Gasteiger charge is -2.39. The number of hydrogen-bond acceptors (Lipinski definition) is 6. The molecule has 0 unspecified atom stereocenters. The summed E-state index contributed by atoms with van der Waals surface area (Å²) in [5.74, 6) is -4.54. The molecule has 1 N–H and O–H groups in total. The minimum Gasteiger partial charge on any atom is -0.348 e. The SMILES string of the molecule is O=C1NC2(CCC3(CC2)OCCO3)C(=O)N1Cc1ccc(S(=O)(=O)C(F)F)cc1. The van der Waals surface area contributed by atoms with Gasteiger partial charge in [0.1, 0.15) is 5.54 Å². The van der Waals surface area contributed by atoms with Crippen molar-refractivity contribution in [2.75, 3.05) is 13.2 Å². The first-order valence-electron chi connectivity index (χ1n) is 9.21. The molecule has 11 heteroatoms. The van der Waals surface area contributed by atoms with E-state index in [0.717, 1.165) is 17.0 Å². The summed E-state index contributed by atoms with van der Waals surface area (Å²) < 4.78 is 59.6. The zero-order valence-electron chi connectivity index (χ0n) is 15.4. The number of carbonyl (C=O) groups is 2. The quantitative estimate of drug-likeness (QED) is 0.731. The zero-order chi connectivity index (χ0) is 20.9. The Hall–Kier alpha value is -2.11. The van der Waals surface area contributed by atoms with Gasteiger partial charge in [-0.15, -0.1) is 0 Å². The Morgan fingerprint density at radius 3 is 2.17 bits per heavy atom. The molecule has 0 atom stereocenters. The Bertz CT molecular complexity index is 918. The van der Waals surface area contributed by atoms with Crippen LogP contribution in [-0.4, -0.2) is 55.6 Å². The van der Waals surface area contributed by atoms with Crippen LogP contribution in [0.2, 0.25) is 0 Å². The van der Waals surface area contributed by atoms with Crippen molar-refractivity contribution in [1.29, 1.82) is 0 Å². The van der Waals surface area contributed by atoms with Gasteiger partial charge in [0.2, 0.25) is 9.84 Å². The minimum absolute atomic E-state index is 0.0838. The van der Waals surface area contributed by atoms with E-state index in [1.165, 1.54) is 12.1 Å². The highest BCUT2D eigenvalue weighted by Gasteiger charge is 2.56. The fourth-order valence-corrected chi connectivity index (χ4v) is 4.79. The van der Waals surface area contributed by atoms with Crippen LogP contribution in [0.5, 0.6) is 0 Å². The van der Waals surface area contributed by atoms with E-state index in [9.17, 15) is 26.8 Å². The number of sulfone groups is 1. The van der Waals surface area contributed by atoms with Crippen molar-refractivity contribution in [2.24, 2.45) is 0 Å². The summed E-state index contributed by atoms with van der Waals surface area (Å²) in [4.78, 5) is 26.0. The third-order valence-electron chi connectivity index (χ3n) is 5.75. The van der Waals surface area contributed by atoms with Gasteiger partial charge in [0.05, 0.1) is 24.7 Å². The Morgan fingerprint density at radius 1 is 1.03 bits per heavy atom. The average Bonchev–Trinajstić information content (AvgIpc) is 3.24. The van der Waals surface area contributed by atoms with Gasteiger partial charge >= 0.3 is 11.8 Å². The Kier molecular flexibility index (Phi) is 4.87. The van der Waals surface area contributed by atoms with Gasteiger partial charge in [-0.2, -0.15) is 8.78 Å². The number of carbonyl (C=O) groups excluding carboxylic acids is 2. The van der Waals surface area contributed by atoms with Crippen LogP contribution in [-0.2, 0) is 30.7 Å². The van der Waals surface area contributed by atoms with Crippen molar-refractivity contribution >= 4 is 21.8 Å². The van der Waals surface area contributed by atoms with E-state index >= 15 is 0 Å². The van der Waals surface area contributed by atoms with E-state index in [2.05, 4.69) is 5.32 Å². The van der Waals surface area contributed by atoms with Gasteiger partial charge in [-0.25, -0.2) is 13.2 Å². The maximum absolute atomic E-state index is 13.0. The minimum atomic E-state index is -4.69. The standard InChI is InChI=1S/C18H20F2N2O6S/c19-15(20)29(25,26)13-3-1-12(2-4-13)11-22-14(23)17(21-16(22)24)5-7-18(8-6-17)27-9-10-28-18/h1-4,15H,5-11H2,(H,21,24). The third kappa shape index (κ3) is 3.40. The van der Waals surface area contributed by atoms with Crippen molar-refractivity contribution in [3.05, 3.63) is 29.8 Å². The maximum Gasteiger partial charge on any atom is 0.341 e. The van der Waals surface area contributed by atoms with E-state index in [4.69, 9.17) is 9.47 Å². The van der Waals surface area contributed by atoms with Gasteiger partial charge in [-0.3, -0.25) is 9.69 Å². The highest BCUT2D eigenvalue weighted by molar-refractivity contribution is 7.91. The lowest BCUT2D eigenvalue weighted by Crippen LogP contribution is -2.53. The lowest BCUT2D eigenvalue weighted by atomic mass is 9.78. The molecule has 3 aliphatic rings. The van der Waals surface area contributed by atoms with Crippen molar-refractivity contribution in [1.82, 2.24) is 10.2 Å². The van der Waals surface area contributed by atoms with Crippen LogP contribution in [0.3, 0.4) is 0 Å². The number of halogens is 2. The van der Waals surface area contributed by atoms with Crippen LogP contribution >= 0.6 is 0 Å². The molecule has 29 heavy (non-hydrogen) atoms. The first-order chi connectivity index (χ1) is 13.7. The number of nitrogens with zero attached hydrogens (tertiary/aromatic N) is 1. The molecular formula is C18H20F2N2O6S. The molecule has 0 radical (unpaired) electrons. The molecule has 4 rings (SSSR count). The van der Waals surface area contributed by atoms with Crippen LogP contribution in [0.1, 0.15) is 31.2 Å². The monoisotopic (exact) mass is 430 g/mol. The number of imide groups is 1. The predicted molar refractivity (Wildman–Crippen MR) is 94.5 cm³/mol. The van der Waals surface area contributed by atoms with Gasteiger partial charge in [-0.05, 0) is 30.5 Å². The molecule has 1 aromatic rings. The number of amides is 3. The number of benzene rings is 1. The smallest absolute Gasteiger partial charge is 0.341 e. The summed E-state index contributed by atoms with van der Waals surface area (Å²) in [6.45, 7) is 0.937. The van der Waals surface area contributed by atoms with Gasteiger partial charge in [0.15, 0.2) is 5.79 Å². The molecule has 2 saturated heterocycles. The molecule has 158 valence electrons. The van der Waals surface area contributed by atoms with E-state index in [1.54, 1.807) is 0 Å². The summed E-state index contributed by atoms with van der Waals surface area (Å²) >= 11 is 0. The van der Waals surface area contributed by atoms with Gasteiger partial charge < -0.3 is 14.8 Å². The van der Waals surface area contributed by atoms with E-state index in [0.29, 0.717) is 44.5 Å². The highest BCUT2D eigenvalue weighted by Crippen LogP contribution is 2.42. The molecule has 1 aliphatic carbocycles. The van der Waals surface area contributed by atoms with Crippen molar-refractivity contribution in [2.45, 2.75) is 54.2 Å². The molecule has 2 aliphatic heterocycles. The Balaban J connectivity index is 1.46. The maximum atomic E-state index is 13.0. The van der Waals surface area contributed by atoms with Gasteiger partial charge in [0, 0.05) is 12.8 Å². The van der Waals surface area contributed by atoms with Crippen LogP contribution in [0.4, 0.5) is 13.6 Å². The van der Waals surface area contributed by atoms with Gasteiger partial charge in [0.25, 0.3) is 5.91 Å². The first kappa shape index (κ1) is 20.2. The third-order valence-corrected chi connectivity index (χ3v) is 7.15. The topological polar surface area (TPSA) is 102 Å². The Morgan fingerprint density at radius 2 is 1.62 bits per heavy atom. The molecule has 1 saturated carbocycles.